The molecule has 1 aliphatic rings. The molecule has 0 radical (unpaired) electrons. The molecule has 0 aliphatic carbocycles. The second kappa shape index (κ2) is 7.85. The van der Waals surface area contributed by atoms with E-state index >= 15 is 0 Å². The van der Waals surface area contributed by atoms with Crippen LogP contribution in [-0.4, -0.2) is 36.8 Å². The molecule has 23 heavy (non-hydrogen) atoms. The second-order valence-corrected chi connectivity index (χ2v) is 7.82. The van der Waals surface area contributed by atoms with Gasteiger partial charge in [-0.2, -0.15) is 4.31 Å². The molecule has 1 aliphatic heterocycles. The van der Waals surface area contributed by atoms with Crippen molar-refractivity contribution in [1.29, 1.82) is 0 Å². The number of nitrogens with zero attached hydrogens (tertiary/aromatic N) is 1. The Morgan fingerprint density at radius 1 is 1.09 bits per heavy atom. The Hall–Kier alpha value is -1.51. The van der Waals surface area contributed by atoms with Gasteiger partial charge in [0, 0.05) is 25.7 Å². The molecule has 2 N–H and O–H groups in total. The third-order valence-electron chi connectivity index (χ3n) is 3.60. The summed E-state index contributed by atoms with van der Waals surface area (Å²) in [5.74, 6) is -0.261. The van der Waals surface area contributed by atoms with Crippen molar-refractivity contribution in [2.75, 3.05) is 18.4 Å². The van der Waals surface area contributed by atoms with Gasteiger partial charge in [0.1, 0.15) is 0 Å². The van der Waals surface area contributed by atoms with E-state index in [1.807, 2.05) is 0 Å². The molecule has 2 rings (SSSR count). The number of thiocarbonyl (C=S) groups is 1. The molecular weight excluding hydrogens is 334 g/mol. The van der Waals surface area contributed by atoms with Crippen molar-refractivity contribution in [3.8, 4) is 0 Å². The lowest BCUT2D eigenvalue weighted by molar-refractivity contribution is -0.117. The van der Waals surface area contributed by atoms with Crippen molar-refractivity contribution in [3.63, 3.8) is 0 Å². The minimum atomic E-state index is -3.45. The standard InChI is InChI=1S/C15H21N3O3S2/c1-12(19)16-15(22)17-13-6-8-14(9-7-13)23(20,21)18-10-4-2-3-5-11-18/h6-9H,2-5,10-11H2,1H3,(H2,16,17,19,22). The Kier molecular flexibility index (Phi) is 6.09. The largest absolute Gasteiger partial charge is 0.332 e. The number of sulfonamides is 1. The van der Waals surface area contributed by atoms with Gasteiger partial charge in [-0.15, -0.1) is 0 Å². The number of nitrogens with one attached hydrogen (secondary N) is 2. The van der Waals surface area contributed by atoms with E-state index in [-0.39, 0.29) is 15.9 Å². The quantitative estimate of drug-likeness (QED) is 0.812. The maximum absolute atomic E-state index is 12.6. The third-order valence-corrected chi connectivity index (χ3v) is 5.72. The Balaban J connectivity index is 2.08. The molecule has 1 amide bonds. The van der Waals surface area contributed by atoms with E-state index in [1.54, 1.807) is 28.6 Å². The molecule has 1 saturated heterocycles. The highest BCUT2D eigenvalue weighted by Gasteiger charge is 2.24. The normalized spacial score (nSPS) is 16.4. The van der Waals surface area contributed by atoms with Crippen molar-refractivity contribution < 1.29 is 13.2 Å². The Labute approximate surface area is 142 Å². The van der Waals surface area contributed by atoms with Gasteiger partial charge in [-0.3, -0.25) is 4.79 Å². The van der Waals surface area contributed by atoms with Crippen LogP contribution in [0.2, 0.25) is 0 Å². The molecule has 8 heteroatoms. The van der Waals surface area contributed by atoms with E-state index in [0.717, 1.165) is 25.7 Å². The maximum atomic E-state index is 12.6. The fourth-order valence-electron chi connectivity index (χ4n) is 2.46. The number of anilines is 1. The summed E-state index contributed by atoms with van der Waals surface area (Å²) in [5, 5.41) is 5.46. The summed E-state index contributed by atoms with van der Waals surface area (Å²) < 4.78 is 26.8. The van der Waals surface area contributed by atoms with Crippen molar-refractivity contribution in [1.82, 2.24) is 9.62 Å². The topological polar surface area (TPSA) is 78.5 Å². The SMILES string of the molecule is CC(=O)NC(=S)Nc1ccc(S(=O)(=O)N2CCCCCC2)cc1. The van der Waals surface area contributed by atoms with Crippen LogP contribution in [0.25, 0.3) is 0 Å². The van der Waals surface area contributed by atoms with Gasteiger partial charge in [0.2, 0.25) is 15.9 Å². The summed E-state index contributed by atoms with van der Waals surface area (Å²) >= 11 is 4.97. The van der Waals surface area contributed by atoms with Crippen molar-refractivity contribution >= 4 is 38.9 Å². The highest BCUT2D eigenvalue weighted by molar-refractivity contribution is 7.89. The first-order valence-electron chi connectivity index (χ1n) is 7.58. The zero-order chi connectivity index (χ0) is 16.9. The zero-order valence-electron chi connectivity index (χ0n) is 13.0. The number of carbonyl (C=O) groups excluding carboxylic acids is 1. The summed E-state index contributed by atoms with van der Waals surface area (Å²) in [6, 6.07) is 6.38. The van der Waals surface area contributed by atoms with Crippen LogP contribution >= 0.6 is 12.2 Å². The Morgan fingerprint density at radius 3 is 2.17 bits per heavy atom. The van der Waals surface area contributed by atoms with Gasteiger partial charge in [-0.05, 0) is 49.3 Å². The van der Waals surface area contributed by atoms with Crippen LogP contribution in [-0.2, 0) is 14.8 Å². The smallest absolute Gasteiger partial charge is 0.243 e. The first kappa shape index (κ1) is 17.8. The second-order valence-electron chi connectivity index (χ2n) is 5.48. The summed E-state index contributed by atoms with van der Waals surface area (Å²) in [4.78, 5) is 11.2. The van der Waals surface area contributed by atoms with Gasteiger partial charge in [0.15, 0.2) is 5.11 Å². The van der Waals surface area contributed by atoms with Crippen LogP contribution in [0.3, 0.4) is 0 Å². The Morgan fingerprint density at radius 2 is 1.65 bits per heavy atom. The minimum absolute atomic E-state index is 0.181. The molecule has 0 saturated carbocycles. The summed E-state index contributed by atoms with van der Waals surface area (Å²) in [5.41, 5.74) is 0.624. The van der Waals surface area contributed by atoms with Crippen LogP contribution in [0.15, 0.2) is 29.2 Å². The van der Waals surface area contributed by atoms with Crippen molar-refractivity contribution in [2.45, 2.75) is 37.5 Å². The number of amides is 1. The van der Waals surface area contributed by atoms with Gasteiger partial charge in [0.25, 0.3) is 0 Å². The van der Waals surface area contributed by atoms with Gasteiger partial charge in [-0.25, -0.2) is 8.42 Å². The lowest BCUT2D eigenvalue weighted by Crippen LogP contribution is -2.32. The highest BCUT2D eigenvalue weighted by atomic mass is 32.2. The first-order valence-corrected chi connectivity index (χ1v) is 9.43. The van der Waals surface area contributed by atoms with Gasteiger partial charge < -0.3 is 10.6 Å². The molecule has 0 aromatic heterocycles. The predicted octanol–water partition coefficient (Wildman–Crippen LogP) is 2.08. The molecule has 0 atom stereocenters. The predicted molar refractivity (Wildman–Crippen MR) is 93.7 cm³/mol. The van der Waals surface area contributed by atoms with E-state index in [1.165, 1.54) is 6.92 Å². The van der Waals surface area contributed by atoms with Crippen LogP contribution in [0, 0.1) is 0 Å². The minimum Gasteiger partial charge on any atom is -0.332 e. The summed E-state index contributed by atoms with van der Waals surface area (Å²) in [6.45, 7) is 2.52. The molecule has 126 valence electrons. The molecule has 1 aromatic rings. The van der Waals surface area contributed by atoms with Gasteiger partial charge in [-0.1, -0.05) is 12.8 Å². The van der Waals surface area contributed by atoms with Crippen molar-refractivity contribution in [2.24, 2.45) is 0 Å². The number of rotatable bonds is 3. The van der Waals surface area contributed by atoms with Crippen molar-refractivity contribution in [3.05, 3.63) is 24.3 Å². The van der Waals surface area contributed by atoms with Crippen LogP contribution < -0.4 is 10.6 Å². The number of carbonyl (C=O) groups is 1. The molecule has 0 unspecified atom stereocenters. The van der Waals surface area contributed by atoms with E-state index in [0.29, 0.717) is 18.8 Å². The number of hydrogen-bond donors (Lipinski definition) is 2. The van der Waals surface area contributed by atoms with Crippen LogP contribution in [0.1, 0.15) is 32.6 Å². The lowest BCUT2D eigenvalue weighted by Gasteiger charge is -2.20. The van der Waals surface area contributed by atoms with E-state index in [2.05, 4.69) is 10.6 Å². The fraction of sp³-hybridized carbons (Fsp3) is 0.467. The molecule has 0 bridgehead atoms. The lowest BCUT2D eigenvalue weighted by atomic mass is 10.2. The highest BCUT2D eigenvalue weighted by Crippen LogP contribution is 2.21. The maximum Gasteiger partial charge on any atom is 0.243 e. The van der Waals surface area contributed by atoms with Gasteiger partial charge >= 0.3 is 0 Å². The summed E-state index contributed by atoms with van der Waals surface area (Å²) in [6.07, 6.45) is 3.97. The molecule has 6 nitrogen and oxygen atoms in total. The third kappa shape index (κ3) is 4.98. The van der Waals surface area contributed by atoms with Gasteiger partial charge in [0.05, 0.1) is 4.90 Å². The fourth-order valence-corrected chi connectivity index (χ4v) is 4.24. The van der Waals surface area contributed by atoms with Crippen LogP contribution in [0.5, 0.6) is 0 Å². The monoisotopic (exact) mass is 355 g/mol. The molecule has 0 spiro atoms. The first-order chi connectivity index (χ1) is 10.9. The average Bonchev–Trinajstić information content (AvgIpc) is 2.76. The van der Waals surface area contributed by atoms with E-state index < -0.39 is 10.0 Å². The van der Waals surface area contributed by atoms with E-state index in [9.17, 15) is 13.2 Å². The zero-order valence-corrected chi connectivity index (χ0v) is 14.7. The van der Waals surface area contributed by atoms with Crippen LogP contribution in [0.4, 0.5) is 5.69 Å². The summed E-state index contributed by atoms with van der Waals surface area (Å²) in [7, 11) is -3.45. The van der Waals surface area contributed by atoms with E-state index in [4.69, 9.17) is 12.2 Å². The Bertz CT molecular complexity index is 664. The number of benzene rings is 1. The molecule has 1 fully saturated rings. The molecule has 1 aromatic carbocycles. The molecule has 1 heterocycles. The average molecular weight is 355 g/mol. The molecular formula is C15H21N3O3S2. The number of hydrogen-bond acceptors (Lipinski definition) is 4.